The molecule has 0 spiro atoms. The van der Waals surface area contributed by atoms with E-state index >= 15 is 0 Å². The van der Waals surface area contributed by atoms with Gasteiger partial charge in [0.15, 0.2) is 0 Å². The Labute approximate surface area is 77.5 Å². The lowest BCUT2D eigenvalue weighted by Gasteiger charge is -2.17. The molecule has 1 rings (SSSR count). The summed E-state index contributed by atoms with van der Waals surface area (Å²) in [4.78, 5) is 23.9. The molecule has 0 radical (unpaired) electrons. The Morgan fingerprint density at radius 3 is 2.31 bits per heavy atom. The molecule has 0 heterocycles. The van der Waals surface area contributed by atoms with Gasteiger partial charge in [0.2, 0.25) is 5.91 Å². The maximum atomic E-state index is 11.6. The highest BCUT2D eigenvalue weighted by Crippen LogP contribution is 2.55. The van der Waals surface area contributed by atoms with Gasteiger partial charge in [0, 0.05) is 14.1 Å². The molecule has 1 aliphatic rings. The summed E-state index contributed by atoms with van der Waals surface area (Å²) in [6.45, 7) is 1.91. The Hall–Kier alpha value is -1.06. The van der Waals surface area contributed by atoms with Crippen LogP contribution in [0.25, 0.3) is 0 Å². The number of amides is 1. The number of hydrogen-bond acceptors (Lipinski definition) is 2. The molecule has 0 aromatic rings. The summed E-state index contributed by atoms with van der Waals surface area (Å²) >= 11 is 0. The van der Waals surface area contributed by atoms with Crippen molar-refractivity contribution >= 4 is 11.9 Å². The molecule has 13 heavy (non-hydrogen) atoms. The van der Waals surface area contributed by atoms with Gasteiger partial charge in [-0.3, -0.25) is 9.59 Å². The SMILES string of the molecule is CC[C@H]1C[C@]1(C(=O)O)C(=O)N(C)C. The van der Waals surface area contributed by atoms with Crippen LogP contribution in [0.5, 0.6) is 0 Å². The molecule has 1 saturated carbocycles. The van der Waals surface area contributed by atoms with Crippen LogP contribution in [-0.4, -0.2) is 36.0 Å². The summed E-state index contributed by atoms with van der Waals surface area (Å²) < 4.78 is 0. The van der Waals surface area contributed by atoms with Crippen LogP contribution >= 0.6 is 0 Å². The number of rotatable bonds is 3. The van der Waals surface area contributed by atoms with E-state index in [0.29, 0.717) is 6.42 Å². The molecule has 0 unspecified atom stereocenters. The van der Waals surface area contributed by atoms with Crippen LogP contribution in [0.15, 0.2) is 0 Å². The summed E-state index contributed by atoms with van der Waals surface area (Å²) in [7, 11) is 3.19. The van der Waals surface area contributed by atoms with Gasteiger partial charge in [0.05, 0.1) is 0 Å². The first kappa shape index (κ1) is 10.0. The van der Waals surface area contributed by atoms with E-state index in [1.165, 1.54) is 4.90 Å². The van der Waals surface area contributed by atoms with Crippen molar-refractivity contribution in [1.82, 2.24) is 4.90 Å². The largest absolute Gasteiger partial charge is 0.480 e. The zero-order valence-corrected chi connectivity index (χ0v) is 8.20. The summed E-state index contributed by atoms with van der Waals surface area (Å²) in [5.74, 6) is -1.22. The van der Waals surface area contributed by atoms with E-state index in [1.54, 1.807) is 14.1 Å². The molecule has 0 aromatic carbocycles. The molecule has 0 bridgehead atoms. The molecular formula is C9H15NO3. The molecule has 4 nitrogen and oxygen atoms in total. The monoisotopic (exact) mass is 185 g/mol. The molecule has 0 aliphatic heterocycles. The Morgan fingerprint density at radius 1 is 1.54 bits per heavy atom. The fraction of sp³-hybridized carbons (Fsp3) is 0.778. The highest BCUT2D eigenvalue weighted by molar-refractivity contribution is 6.05. The molecule has 0 saturated heterocycles. The average Bonchev–Trinajstić information content (AvgIpc) is 2.78. The second kappa shape index (κ2) is 3.01. The molecule has 1 fully saturated rings. The molecule has 1 amide bonds. The molecule has 2 atom stereocenters. The number of carbonyl (C=O) groups is 2. The lowest BCUT2D eigenvalue weighted by molar-refractivity contribution is -0.153. The first-order valence-electron chi connectivity index (χ1n) is 4.42. The third-order valence-corrected chi connectivity index (χ3v) is 2.77. The third kappa shape index (κ3) is 1.30. The van der Waals surface area contributed by atoms with Gasteiger partial charge in [-0.25, -0.2) is 0 Å². The van der Waals surface area contributed by atoms with Crippen molar-refractivity contribution in [3.63, 3.8) is 0 Å². The van der Waals surface area contributed by atoms with Gasteiger partial charge in [-0.2, -0.15) is 0 Å². The topological polar surface area (TPSA) is 57.6 Å². The standard InChI is InChI=1S/C9H15NO3/c1-4-6-5-9(6,8(12)13)7(11)10(2)3/h6H,4-5H2,1-3H3,(H,12,13)/t6-,9+/m0/s1. The number of aliphatic carboxylic acids is 1. The van der Waals surface area contributed by atoms with Crippen LogP contribution in [0.2, 0.25) is 0 Å². The van der Waals surface area contributed by atoms with Gasteiger partial charge in [-0.15, -0.1) is 0 Å². The van der Waals surface area contributed by atoms with Gasteiger partial charge in [-0.05, 0) is 12.3 Å². The van der Waals surface area contributed by atoms with E-state index in [1.807, 2.05) is 6.92 Å². The zero-order chi connectivity index (χ0) is 10.2. The van der Waals surface area contributed by atoms with E-state index in [0.717, 1.165) is 6.42 Å². The molecule has 4 heteroatoms. The summed E-state index contributed by atoms with van der Waals surface area (Å²) in [5, 5.41) is 8.98. The van der Waals surface area contributed by atoms with Crippen LogP contribution in [-0.2, 0) is 9.59 Å². The van der Waals surface area contributed by atoms with Crippen LogP contribution in [0.1, 0.15) is 19.8 Å². The summed E-state index contributed by atoms with van der Waals surface area (Å²) in [6, 6.07) is 0. The molecule has 74 valence electrons. The van der Waals surface area contributed by atoms with Gasteiger partial charge in [-0.1, -0.05) is 13.3 Å². The normalized spacial score (nSPS) is 31.2. The number of carbonyl (C=O) groups excluding carboxylic acids is 1. The lowest BCUT2D eigenvalue weighted by atomic mass is 10.0. The highest BCUT2D eigenvalue weighted by Gasteiger charge is 2.65. The zero-order valence-electron chi connectivity index (χ0n) is 8.20. The van der Waals surface area contributed by atoms with Gasteiger partial charge in [0.1, 0.15) is 5.41 Å². The van der Waals surface area contributed by atoms with Crippen LogP contribution in [0.4, 0.5) is 0 Å². The van der Waals surface area contributed by atoms with Crippen molar-refractivity contribution in [3.05, 3.63) is 0 Å². The van der Waals surface area contributed by atoms with Crippen LogP contribution in [0, 0.1) is 11.3 Å². The Bertz CT molecular complexity index is 249. The van der Waals surface area contributed by atoms with E-state index in [4.69, 9.17) is 5.11 Å². The number of nitrogens with zero attached hydrogens (tertiary/aromatic N) is 1. The van der Waals surface area contributed by atoms with E-state index in [9.17, 15) is 9.59 Å². The van der Waals surface area contributed by atoms with Crippen LogP contribution in [0.3, 0.4) is 0 Å². The molecular weight excluding hydrogens is 170 g/mol. The summed E-state index contributed by atoms with van der Waals surface area (Å²) in [5.41, 5.74) is -1.10. The van der Waals surface area contributed by atoms with Crippen molar-refractivity contribution in [2.24, 2.45) is 11.3 Å². The average molecular weight is 185 g/mol. The first-order chi connectivity index (χ1) is 5.96. The van der Waals surface area contributed by atoms with E-state index in [2.05, 4.69) is 0 Å². The number of carboxylic acid groups (broad SMARTS) is 1. The predicted octanol–water partition coefficient (Wildman–Crippen LogP) is 0.575. The first-order valence-corrected chi connectivity index (χ1v) is 4.42. The fourth-order valence-corrected chi connectivity index (χ4v) is 1.84. The Balaban J connectivity index is 2.84. The molecule has 1 N–H and O–H groups in total. The maximum Gasteiger partial charge on any atom is 0.319 e. The fourth-order valence-electron chi connectivity index (χ4n) is 1.84. The number of hydrogen-bond donors (Lipinski definition) is 1. The second-order valence-corrected chi connectivity index (χ2v) is 3.79. The second-order valence-electron chi connectivity index (χ2n) is 3.79. The highest BCUT2D eigenvalue weighted by atomic mass is 16.4. The minimum atomic E-state index is -1.10. The van der Waals surface area contributed by atoms with Crippen molar-refractivity contribution in [1.29, 1.82) is 0 Å². The summed E-state index contributed by atoms with van der Waals surface area (Å²) in [6.07, 6.45) is 1.25. The van der Waals surface area contributed by atoms with Gasteiger partial charge < -0.3 is 10.0 Å². The minimum Gasteiger partial charge on any atom is -0.480 e. The van der Waals surface area contributed by atoms with Crippen LogP contribution < -0.4 is 0 Å². The van der Waals surface area contributed by atoms with E-state index in [-0.39, 0.29) is 11.8 Å². The maximum absolute atomic E-state index is 11.6. The van der Waals surface area contributed by atoms with Crippen molar-refractivity contribution in [2.75, 3.05) is 14.1 Å². The minimum absolute atomic E-state index is 0.0277. The smallest absolute Gasteiger partial charge is 0.319 e. The van der Waals surface area contributed by atoms with Gasteiger partial charge >= 0.3 is 5.97 Å². The molecule has 0 aromatic heterocycles. The number of carboxylic acids is 1. The van der Waals surface area contributed by atoms with E-state index < -0.39 is 11.4 Å². The lowest BCUT2D eigenvalue weighted by Crippen LogP contribution is -2.37. The molecule has 1 aliphatic carbocycles. The van der Waals surface area contributed by atoms with Crippen molar-refractivity contribution in [3.8, 4) is 0 Å². The Morgan fingerprint density at radius 2 is 2.08 bits per heavy atom. The van der Waals surface area contributed by atoms with Gasteiger partial charge in [0.25, 0.3) is 0 Å². The third-order valence-electron chi connectivity index (χ3n) is 2.77. The quantitative estimate of drug-likeness (QED) is 0.654. The van der Waals surface area contributed by atoms with Crippen molar-refractivity contribution in [2.45, 2.75) is 19.8 Å². The predicted molar refractivity (Wildman–Crippen MR) is 47.2 cm³/mol. The Kier molecular flexibility index (Phi) is 2.32. The van der Waals surface area contributed by atoms with Crippen molar-refractivity contribution < 1.29 is 14.7 Å².